The van der Waals surface area contributed by atoms with Crippen molar-refractivity contribution >= 4 is 5.97 Å². The molecule has 1 N–H and O–H groups in total. The summed E-state index contributed by atoms with van der Waals surface area (Å²) in [5, 5.41) is 9.67. The Morgan fingerprint density at radius 1 is 1.40 bits per heavy atom. The van der Waals surface area contributed by atoms with E-state index in [1.165, 1.54) is 33.1 Å². The highest BCUT2D eigenvalue weighted by atomic mass is 19.1. The first-order valence-electron chi connectivity index (χ1n) is 4.46. The van der Waals surface area contributed by atoms with Gasteiger partial charge in [-0.2, -0.15) is 0 Å². The third-order valence-electron chi connectivity index (χ3n) is 2.03. The van der Waals surface area contributed by atoms with Crippen molar-refractivity contribution in [3.05, 3.63) is 35.1 Å². The van der Waals surface area contributed by atoms with E-state index in [1.807, 2.05) is 0 Å². The molecule has 1 aromatic rings. The highest BCUT2D eigenvalue weighted by Gasteiger charge is 2.19. The highest BCUT2D eigenvalue weighted by molar-refractivity contribution is 5.89. The molecular weight excluding hydrogens is 199 g/mol. The van der Waals surface area contributed by atoms with E-state index in [9.17, 15) is 14.3 Å². The highest BCUT2D eigenvalue weighted by Crippen LogP contribution is 2.22. The molecule has 0 amide bonds. The molecule has 0 aliphatic rings. The van der Waals surface area contributed by atoms with Gasteiger partial charge in [0, 0.05) is 0 Å². The van der Waals surface area contributed by atoms with Gasteiger partial charge in [-0.3, -0.25) is 0 Å². The number of benzene rings is 1. The Morgan fingerprint density at radius 2 is 2.00 bits per heavy atom. The lowest BCUT2D eigenvalue weighted by Gasteiger charge is -2.18. The second-order valence-electron chi connectivity index (χ2n) is 3.78. The minimum Gasteiger partial charge on any atom is -0.465 e. The number of carbonyl (C=O) groups is 1. The summed E-state index contributed by atoms with van der Waals surface area (Å²) in [6, 6.07) is 3.67. The smallest absolute Gasteiger partial charge is 0.337 e. The molecule has 1 rings (SSSR count). The maximum absolute atomic E-state index is 13.1. The predicted molar refractivity (Wildman–Crippen MR) is 53.0 cm³/mol. The second-order valence-corrected chi connectivity index (χ2v) is 3.78. The molecule has 0 saturated carbocycles. The molecule has 15 heavy (non-hydrogen) atoms. The minimum atomic E-state index is -1.19. The number of hydrogen-bond acceptors (Lipinski definition) is 3. The van der Waals surface area contributed by atoms with Crippen LogP contribution in [0.25, 0.3) is 0 Å². The van der Waals surface area contributed by atoms with Crippen molar-refractivity contribution in [2.75, 3.05) is 7.11 Å². The largest absolute Gasteiger partial charge is 0.465 e. The standard InChI is InChI=1S/C11H13FO3/c1-11(2,14)8-4-7(10(13)15-3)5-9(12)6-8/h4-6,14H,1-3H3. The van der Waals surface area contributed by atoms with Crippen LogP contribution in [0.3, 0.4) is 0 Å². The van der Waals surface area contributed by atoms with Gasteiger partial charge in [0.15, 0.2) is 0 Å². The van der Waals surface area contributed by atoms with Crippen molar-refractivity contribution in [2.24, 2.45) is 0 Å². The Kier molecular flexibility index (Phi) is 3.09. The average molecular weight is 212 g/mol. The van der Waals surface area contributed by atoms with Crippen molar-refractivity contribution in [1.82, 2.24) is 0 Å². The number of methoxy groups -OCH3 is 1. The van der Waals surface area contributed by atoms with Gasteiger partial charge in [0.05, 0.1) is 18.3 Å². The van der Waals surface area contributed by atoms with Crippen molar-refractivity contribution < 1.29 is 19.0 Å². The minimum absolute atomic E-state index is 0.0922. The summed E-state index contributed by atoms with van der Waals surface area (Å²) >= 11 is 0. The van der Waals surface area contributed by atoms with E-state index >= 15 is 0 Å². The molecule has 82 valence electrons. The summed E-state index contributed by atoms with van der Waals surface area (Å²) in [6.07, 6.45) is 0. The molecular formula is C11H13FO3. The molecule has 0 aromatic heterocycles. The number of rotatable bonds is 2. The molecule has 1 aromatic carbocycles. The molecule has 4 heteroatoms. The Hall–Kier alpha value is -1.42. The number of ether oxygens (including phenoxy) is 1. The third kappa shape index (κ3) is 2.76. The third-order valence-corrected chi connectivity index (χ3v) is 2.03. The van der Waals surface area contributed by atoms with Crippen LogP contribution in [0.1, 0.15) is 29.8 Å². The van der Waals surface area contributed by atoms with Crippen molar-refractivity contribution in [3.8, 4) is 0 Å². The number of halogens is 1. The first-order valence-corrected chi connectivity index (χ1v) is 4.46. The molecule has 0 aliphatic carbocycles. The van der Waals surface area contributed by atoms with Gasteiger partial charge in [0.25, 0.3) is 0 Å². The lowest BCUT2D eigenvalue weighted by molar-refractivity contribution is 0.0597. The molecule has 0 fully saturated rings. The summed E-state index contributed by atoms with van der Waals surface area (Å²) in [4.78, 5) is 11.2. The zero-order valence-corrected chi connectivity index (χ0v) is 8.87. The number of esters is 1. The molecule has 0 spiro atoms. The average Bonchev–Trinajstić information content (AvgIpc) is 2.14. The molecule has 0 radical (unpaired) electrons. The van der Waals surface area contributed by atoms with E-state index in [2.05, 4.69) is 4.74 Å². The topological polar surface area (TPSA) is 46.5 Å². The van der Waals surface area contributed by atoms with Crippen molar-refractivity contribution in [2.45, 2.75) is 19.4 Å². The van der Waals surface area contributed by atoms with Crippen LogP contribution in [0.5, 0.6) is 0 Å². The van der Waals surface area contributed by atoms with Gasteiger partial charge < -0.3 is 9.84 Å². The summed E-state index contributed by atoms with van der Waals surface area (Å²) in [5.41, 5.74) is -0.761. The van der Waals surface area contributed by atoms with Crippen LogP contribution in [0.15, 0.2) is 18.2 Å². The first-order chi connectivity index (χ1) is 6.84. The second kappa shape index (κ2) is 3.98. The Morgan fingerprint density at radius 3 is 2.47 bits per heavy atom. The Labute approximate surface area is 87.5 Å². The fourth-order valence-corrected chi connectivity index (χ4v) is 1.18. The van der Waals surface area contributed by atoms with Crippen molar-refractivity contribution in [1.29, 1.82) is 0 Å². The summed E-state index contributed by atoms with van der Waals surface area (Å²) < 4.78 is 17.6. The van der Waals surface area contributed by atoms with Crippen LogP contribution in [0.2, 0.25) is 0 Å². The van der Waals surface area contributed by atoms with Crippen molar-refractivity contribution in [3.63, 3.8) is 0 Å². The van der Waals surface area contributed by atoms with Gasteiger partial charge in [-0.1, -0.05) is 0 Å². The number of hydrogen-bond donors (Lipinski definition) is 1. The van der Waals surface area contributed by atoms with Crippen LogP contribution in [0.4, 0.5) is 4.39 Å². The maximum atomic E-state index is 13.1. The molecule has 0 saturated heterocycles. The van der Waals surface area contributed by atoms with Crippen LogP contribution in [0, 0.1) is 5.82 Å². The Balaban J connectivity index is 3.23. The zero-order chi connectivity index (χ0) is 11.6. The lowest BCUT2D eigenvalue weighted by atomic mass is 9.96. The fourth-order valence-electron chi connectivity index (χ4n) is 1.18. The van der Waals surface area contributed by atoms with E-state index in [-0.39, 0.29) is 5.56 Å². The van der Waals surface area contributed by atoms with Crippen LogP contribution in [-0.2, 0) is 10.3 Å². The van der Waals surface area contributed by atoms with E-state index in [1.54, 1.807) is 0 Å². The summed E-state index contributed by atoms with van der Waals surface area (Å²) in [5.74, 6) is -1.20. The molecule has 0 bridgehead atoms. The van der Waals surface area contributed by atoms with E-state index in [0.29, 0.717) is 5.56 Å². The molecule has 0 unspecified atom stereocenters. The van der Waals surface area contributed by atoms with Crippen LogP contribution >= 0.6 is 0 Å². The molecule has 0 heterocycles. The zero-order valence-electron chi connectivity index (χ0n) is 8.87. The van der Waals surface area contributed by atoms with E-state index in [4.69, 9.17) is 0 Å². The monoisotopic (exact) mass is 212 g/mol. The van der Waals surface area contributed by atoms with Crippen LogP contribution < -0.4 is 0 Å². The van der Waals surface area contributed by atoms with E-state index < -0.39 is 17.4 Å². The van der Waals surface area contributed by atoms with Crippen LogP contribution in [-0.4, -0.2) is 18.2 Å². The van der Waals surface area contributed by atoms with Gasteiger partial charge in [-0.05, 0) is 37.6 Å². The fraction of sp³-hybridized carbons (Fsp3) is 0.364. The summed E-state index contributed by atoms with van der Waals surface area (Å²) in [7, 11) is 1.22. The normalized spacial score (nSPS) is 11.3. The molecule has 0 aliphatic heterocycles. The SMILES string of the molecule is COC(=O)c1cc(F)cc(C(C)(C)O)c1. The lowest BCUT2D eigenvalue weighted by Crippen LogP contribution is -2.17. The number of aliphatic hydroxyl groups is 1. The predicted octanol–water partition coefficient (Wildman–Crippen LogP) is 1.84. The van der Waals surface area contributed by atoms with Gasteiger partial charge in [0.1, 0.15) is 5.82 Å². The van der Waals surface area contributed by atoms with Gasteiger partial charge in [-0.15, -0.1) is 0 Å². The molecule has 3 nitrogen and oxygen atoms in total. The number of carbonyl (C=O) groups excluding carboxylic acids is 1. The van der Waals surface area contributed by atoms with Gasteiger partial charge in [0.2, 0.25) is 0 Å². The molecule has 0 atom stereocenters. The maximum Gasteiger partial charge on any atom is 0.337 e. The van der Waals surface area contributed by atoms with E-state index in [0.717, 1.165) is 6.07 Å². The van der Waals surface area contributed by atoms with Gasteiger partial charge in [-0.25, -0.2) is 9.18 Å². The first kappa shape index (κ1) is 11.7. The quantitative estimate of drug-likeness (QED) is 0.761. The summed E-state index contributed by atoms with van der Waals surface area (Å²) in [6.45, 7) is 3.03. The Bertz CT molecular complexity index is 380. The van der Waals surface area contributed by atoms with Gasteiger partial charge >= 0.3 is 5.97 Å².